The van der Waals surface area contributed by atoms with E-state index < -0.39 is 11.2 Å². The van der Waals surface area contributed by atoms with Crippen LogP contribution < -0.4 is 14.8 Å². The molecule has 3 aromatic rings. The summed E-state index contributed by atoms with van der Waals surface area (Å²) in [5.41, 5.74) is 0.310. The number of fused-ring (bicyclic) bond motifs is 3. The highest BCUT2D eigenvalue weighted by Gasteiger charge is 2.73. The van der Waals surface area contributed by atoms with Gasteiger partial charge in [-0.1, -0.05) is 58.4 Å². The molecule has 34 heavy (non-hydrogen) atoms. The van der Waals surface area contributed by atoms with Crippen molar-refractivity contribution in [2.24, 2.45) is 5.92 Å². The lowest BCUT2D eigenvalue weighted by Crippen LogP contribution is -2.53. The molecule has 0 radical (unpaired) electrons. The second-order valence-corrected chi connectivity index (χ2v) is 11.3. The molecular formula is C28H31BrN2O3. The number of pyridine rings is 1. The fraction of sp³-hybridized carbons (Fsp3) is 0.393. The lowest BCUT2D eigenvalue weighted by Gasteiger charge is -2.42. The lowest BCUT2D eigenvalue weighted by molar-refractivity contribution is -0.128. The SMILES string of the molecule is COc1cncc2c1[C@]1(O)C(CNC(C)(C)C)CC(c3ccccc3)[C@]1(c1ccc(Br)cc1)O2. The van der Waals surface area contributed by atoms with Crippen molar-refractivity contribution in [2.75, 3.05) is 13.7 Å². The summed E-state index contributed by atoms with van der Waals surface area (Å²) in [6.07, 6.45) is 4.12. The monoisotopic (exact) mass is 522 g/mol. The zero-order valence-electron chi connectivity index (χ0n) is 20.0. The fourth-order valence-electron chi connectivity index (χ4n) is 5.83. The molecule has 2 heterocycles. The van der Waals surface area contributed by atoms with Gasteiger partial charge in [0.15, 0.2) is 5.60 Å². The third-order valence-corrected chi connectivity index (χ3v) is 7.80. The molecule has 2 aliphatic rings. The summed E-state index contributed by atoms with van der Waals surface area (Å²) in [5.74, 6) is 0.918. The summed E-state index contributed by atoms with van der Waals surface area (Å²) in [4.78, 5) is 4.35. The Labute approximate surface area is 209 Å². The predicted octanol–water partition coefficient (Wildman–Crippen LogP) is 5.52. The Morgan fingerprint density at radius 1 is 1.12 bits per heavy atom. The number of nitrogens with one attached hydrogen (secondary N) is 1. The molecule has 1 fully saturated rings. The van der Waals surface area contributed by atoms with Crippen molar-refractivity contribution in [2.45, 2.75) is 49.9 Å². The third kappa shape index (κ3) is 3.46. The summed E-state index contributed by atoms with van der Waals surface area (Å²) in [6, 6.07) is 18.5. The molecule has 6 heteroatoms. The second kappa shape index (κ2) is 8.36. The summed E-state index contributed by atoms with van der Waals surface area (Å²) in [7, 11) is 1.62. The van der Waals surface area contributed by atoms with E-state index in [0.29, 0.717) is 23.6 Å². The van der Waals surface area contributed by atoms with Crippen LogP contribution in [0.2, 0.25) is 0 Å². The minimum Gasteiger partial charge on any atom is -0.495 e. The van der Waals surface area contributed by atoms with E-state index in [-0.39, 0.29) is 17.4 Å². The first-order valence-corrected chi connectivity index (χ1v) is 12.5. The zero-order chi connectivity index (χ0) is 24.1. The molecule has 5 nitrogen and oxygen atoms in total. The second-order valence-electron chi connectivity index (χ2n) is 10.4. The van der Waals surface area contributed by atoms with Gasteiger partial charge in [-0.25, -0.2) is 0 Å². The highest BCUT2D eigenvalue weighted by Crippen LogP contribution is 2.69. The van der Waals surface area contributed by atoms with Crippen LogP contribution in [0.15, 0.2) is 71.5 Å². The van der Waals surface area contributed by atoms with Gasteiger partial charge in [-0.2, -0.15) is 0 Å². The number of halogens is 1. The average molecular weight is 523 g/mol. The Hall–Kier alpha value is -2.41. The van der Waals surface area contributed by atoms with Crippen molar-refractivity contribution in [1.29, 1.82) is 0 Å². The van der Waals surface area contributed by atoms with Crippen molar-refractivity contribution in [3.05, 3.63) is 88.2 Å². The molecule has 1 aliphatic carbocycles. The zero-order valence-corrected chi connectivity index (χ0v) is 21.6. The van der Waals surface area contributed by atoms with E-state index in [1.807, 2.05) is 18.2 Å². The first kappa shape index (κ1) is 23.3. The minimum absolute atomic E-state index is 0.0799. The molecule has 0 saturated heterocycles. The van der Waals surface area contributed by atoms with Crippen LogP contribution in [0.5, 0.6) is 11.5 Å². The van der Waals surface area contributed by atoms with Crippen LogP contribution in [-0.4, -0.2) is 29.3 Å². The van der Waals surface area contributed by atoms with Gasteiger partial charge < -0.3 is 19.9 Å². The first-order chi connectivity index (χ1) is 16.2. The topological polar surface area (TPSA) is 63.6 Å². The molecule has 5 rings (SSSR count). The van der Waals surface area contributed by atoms with Gasteiger partial charge in [0.2, 0.25) is 0 Å². The number of benzene rings is 2. The molecule has 178 valence electrons. The van der Waals surface area contributed by atoms with Gasteiger partial charge >= 0.3 is 0 Å². The van der Waals surface area contributed by atoms with Gasteiger partial charge in [0.25, 0.3) is 0 Å². The summed E-state index contributed by atoms with van der Waals surface area (Å²) in [5, 5.41) is 16.6. The van der Waals surface area contributed by atoms with Crippen LogP contribution in [0.1, 0.15) is 49.8 Å². The lowest BCUT2D eigenvalue weighted by atomic mass is 9.70. The molecule has 0 bridgehead atoms. The van der Waals surface area contributed by atoms with Crippen LogP contribution in [0.3, 0.4) is 0 Å². The van der Waals surface area contributed by atoms with Gasteiger partial charge in [-0.15, -0.1) is 0 Å². The number of methoxy groups -OCH3 is 1. The summed E-state index contributed by atoms with van der Waals surface area (Å²) in [6.45, 7) is 7.07. The van der Waals surface area contributed by atoms with E-state index in [0.717, 1.165) is 22.0 Å². The Bertz CT molecular complexity index is 1180. The summed E-state index contributed by atoms with van der Waals surface area (Å²) >= 11 is 3.56. The van der Waals surface area contributed by atoms with Crippen LogP contribution >= 0.6 is 15.9 Å². The highest BCUT2D eigenvalue weighted by molar-refractivity contribution is 9.10. The third-order valence-electron chi connectivity index (χ3n) is 7.27. The highest BCUT2D eigenvalue weighted by atomic mass is 79.9. The van der Waals surface area contributed by atoms with Gasteiger partial charge in [0.1, 0.15) is 17.1 Å². The maximum absolute atomic E-state index is 13.0. The smallest absolute Gasteiger partial charge is 0.174 e. The minimum atomic E-state index is -1.33. The molecule has 0 amide bonds. The number of rotatable bonds is 5. The van der Waals surface area contributed by atoms with Crippen molar-refractivity contribution >= 4 is 15.9 Å². The molecule has 2 aromatic carbocycles. The molecule has 2 unspecified atom stereocenters. The van der Waals surface area contributed by atoms with Gasteiger partial charge in [0, 0.05) is 28.4 Å². The Morgan fingerprint density at radius 3 is 2.47 bits per heavy atom. The van der Waals surface area contributed by atoms with E-state index >= 15 is 0 Å². The Morgan fingerprint density at radius 2 is 1.82 bits per heavy atom. The number of aromatic nitrogens is 1. The summed E-state index contributed by atoms with van der Waals surface area (Å²) < 4.78 is 13.6. The number of ether oxygens (including phenoxy) is 2. The standard InChI is InChI=1S/C28H31BrN2O3/c1-26(2,3)31-15-20-14-22(18-8-6-5-7-9-18)28(19-10-12-21(29)13-11-19)27(20,32)25-23(33-4)16-30-17-24(25)34-28/h5-13,16-17,20,22,31-32H,14-15H2,1-4H3/t20?,22?,27-,28+/m1/s1. The van der Waals surface area contributed by atoms with E-state index in [2.05, 4.69) is 83.4 Å². The molecule has 0 spiro atoms. The molecule has 1 saturated carbocycles. The number of aliphatic hydroxyl groups is 1. The normalized spacial score (nSPS) is 27.7. The van der Waals surface area contributed by atoms with E-state index in [1.165, 1.54) is 0 Å². The van der Waals surface area contributed by atoms with Crippen molar-refractivity contribution in [3.8, 4) is 11.5 Å². The maximum Gasteiger partial charge on any atom is 0.174 e. The fourth-order valence-corrected chi connectivity index (χ4v) is 6.09. The van der Waals surface area contributed by atoms with Crippen molar-refractivity contribution in [3.63, 3.8) is 0 Å². The number of hydrogen-bond acceptors (Lipinski definition) is 5. The maximum atomic E-state index is 13.0. The largest absolute Gasteiger partial charge is 0.495 e. The van der Waals surface area contributed by atoms with Crippen LogP contribution in [0.4, 0.5) is 0 Å². The van der Waals surface area contributed by atoms with Gasteiger partial charge in [0.05, 0.1) is 25.1 Å². The quantitative estimate of drug-likeness (QED) is 0.461. The molecule has 1 aromatic heterocycles. The number of hydrogen-bond donors (Lipinski definition) is 2. The molecule has 1 aliphatic heterocycles. The van der Waals surface area contributed by atoms with Crippen molar-refractivity contribution in [1.82, 2.24) is 10.3 Å². The first-order valence-electron chi connectivity index (χ1n) is 11.7. The van der Waals surface area contributed by atoms with E-state index in [9.17, 15) is 5.11 Å². The van der Waals surface area contributed by atoms with E-state index in [1.54, 1.807) is 19.5 Å². The Balaban J connectivity index is 1.78. The molecule has 2 N–H and O–H groups in total. The van der Waals surface area contributed by atoms with Crippen molar-refractivity contribution < 1.29 is 14.6 Å². The van der Waals surface area contributed by atoms with Crippen LogP contribution in [0.25, 0.3) is 0 Å². The van der Waals surface area contributed by atoms with E-state index in [4.69, 9.17) is 9.47 Å². The van der Waals surface area contributed by atoms with Crippen LogP contribution in [-0.2, 0) is 11.2 Å². The van der Waals surface area contributed by atoms with Crippen LogP contribution in [0, 0.1) is 5.92 Å². The molecular weight excluding hydrogens is 492 g/mol. The molecule has 4 atom stereocenters. The van der Waals surface area contributed by atoms with Gasteiger partial charge in [-0.3, -0.25) is 4.98 Å². The number of nitrogens with zero attached hydrogens (tertiary/aromatic N) is 1. The average Bonchev–Trinajstić information content (AvgIpc) is 3.23. The Kier molecular flexibility index (Phi) is 5.74. The predicted molar refractivity (Wildman–Crippen MR) is 136 cm³/mol. The van der Waals surface area contributed by atoms with Gasteiger partial charge in [-0.05, 0) is 50.5 Å².